The summed E-state index contributed by atoms with van der Waals surface area (Å²) >= 11 is 0. The quantitative estimate of drug-likeness (QED) is 0.821. The van der Waals surface area contributed by atoms with Crippen LogP contribution in [0.5, 0.6) is 0 Å². The number of aliphatic carboxylic acids is 1. The second-order valence-electron chi connectivity index (χ2n) is 3.67. The van der Waals surface area contributed by atoms with Gasteiger partial charge in [0.2, 0.25) is 0 Å². The minimum absolute atomic E-state index is 0.408. The van der Waals surface area contributed by atoms with Crippen molar-refractivity contribution in [2.45, 2.75) is 39.5 Å². The molecule has 15 heavy (non-hydrogen) atoms. The van der Waals surface area contributed by atoms with E-state index in [2.05, 4.69) is 16.9 Å². The smallest absolute Gasteiger partial charge is 0.313 e. The number of aromatic nitrogens is 2. The second kappa shape index (κ2) is 4.87. The molecule has 4 nitrogen and oxygen atoms in total. The Morgan fingerprint density at radius 3 is 2.73 bits per heavy atom. The minimum atomic E-state index is -0.886. The predicted octanol–water partition coefficient (Wildman–Crippen LogP) is 1.93. The van der Waals surface area contributed by atoms with Crippen molar-refractivity contribution in [3.63, 3.8) is 0 Å². The zero-order chi connectivity index (χ0) is 11.4. The molecule has 0 saturated carbocycles. The summed E-state index contributed by atoms with van der Waals surface area (Å²) in [5, 5.41) is 8.87. The molecule has 1 aromatic rings. The molecule has 0 aliphatic carbocycles. The highest BCUT2D eigenvalue weighted by Gasteiger charge is 2.17. The molecule has 1 N–H and O–H groups in total. The highest BCUT2D eigenvalue weighted by atomic mass is 16.4. The van der Waals surface area contributed by atoms with Crippen molar-refractivity contribution >= 4 is 5.97 Å². The van der Waals surface area contributed by atoms with Crippen molar-refractivity contribution in [2.75, 3.05) is 0 Å². The molecule has 1 unspecified atom stereocenters. The molecule has 0 spiro atoms. The third-order valence-electron chi connectivity index (χ3n) is 2.19. The topological polar surface area (TPSA) is 63.1 Å². The largest absolute Gasteiger partial charge is 0.481 e. The number of hydrogen-bond donors (Lipinski definition) is 1. The van der Waals surface area contributed by atoms with E-state index in [1.807, 2.05) is 13.0 Å². The fourth-order valence-corrected chi connectivity index (χ4v) is 1.35. The van der Waals surface area contributed by atoms with Gasteiger partial charge in [0.25, 0.3) is 0 Å². The summed E-state index contributed by atoms with van der Waals surface area (Å²) in [5.41, 5.74) is 1.75. The van der Waals surface area contributed by atoms with Gasteiger partial charge >= 0.3 is 5.97 Å². The molecule has 82 valence electrons. The van der Waals surface area contributed by atoms with Crippen LogP contribution in [0.15, 0.2) is 6.07 Å². The van der Waals surface area contributed by atoms with Crippen LogP contribution in [-0.2, 0) is 11.2 Å². The number of aryl methyl sites for hydroxylation is 2. The first-order chi connectivity index (χ1) is 7.04. The Labute approximate surface area is 89.4 Å². The lowest BCUT2D eigenvalue weighted by molar-refractivity contribution is -0.138. The van der Waals surface area contributed by atoms with Crippen LogP contribution in [0.4, 0.5) is 0 Å². The Morgan fingerprint density at radius 2 is 2.20 bits per heavy atom. The van der Waals surface area contributed by atoms with Crippen LogP contribution in [0, 0.1) is 6.92 Å². The molecule has 0 saturated heterocycles. The van der Waals surface area contributed by atoms with Crippen molar-refractivity contribution in [2.24, 2.45) is 0 Å². The fraction of sp³-hybridized carbons (Fsp3) is 0.545. The average Bonchev–Trinajstić information content (AvgIpc) is 2.16. The first-order valence-electron chi connectivity index (χ1n) is 5.11. The number of carboxylic acid groups (broad SMARTS) is 1. The molecule has 1 rings (SSSR count). The Bertz CT molecular complexity index is 364. The summed E-state index contributed by atoms with van der Waals surface area (Å²) < 4.78 is 0. The van der Waals surface area contributed by atoms with Crippen LogP contribution in [0.1, 0.15) is 43.4 Å². The third-order valence-corrected chi connectivity index (χ3v) is 2.19. The van der Waals surface area contributed by atoms with Crippen molar-refractivity contribution in [3.05, 3.63) is 23.3 Å². The van der Waals surface area contributed by atoms with E-state index in [1.54, 1.807) is 6.92 Å². The van der Waals surface area contributed by atoms with Crippen LogP contribution < -0.4 is 0 Å². The molecular weight excluding hydrogens is 192 g/mol. The van der Waals surface area contributed by atoms with Gasteiger partial charge in [-0.2, -0.15) is 0 Å². The average molecular weight is 208 g/mol. The summed E-state index contributed by atoms with van der Waals surface area (Å²) in [6.45, 7) is 5.53. The van der Waals surface area contributed by atoms with Crippen LogP contribution in [0.25, 0.3) is 0 Å². The first-order valence-corrected chi connectivity index (χ1v) is 5.11. The maximum absolute atomic E-state index is 10.8. The summed E-state index contributed by atoms with van der Waals surface area (Å²) in [7, 11) is 0. The van der Waals surface area contributed by atoms with Crippen molar-refractivity contribution < 1.29 is 9.90 Å². The second-order valence-corrected chi connectivity index (χ2v) is 3.67. The maximum Gasteiger partial charge on any atom is 0.313 e. The van der Waals surface area contributed by atoms with E-state index in [9.17, 15) is 4.79 Å². The number of nitrogens with zero attached hydrogens (tertiary/aromatic N) is 2. The number of rotatable bonds is 4. The predicted molar refractivity (Wildman–Crippen MR) is 56.8 cm³/mol. The van der Waals surface area contributed by atoms with E-state index in [0.29, 0.717) is 5.82 Å². The van der Waals surface area contributed by atoms with Crippen LogP contribution in [-0.4, -0.2) is 21.0 Å². The maximum atomic E-state index is 10.8. The molecule has 0 fully saturated rings. The van der Waals surface area contributed by atoms with Gasteiger partial charge in [-0.25, -0.2) is 9.97 Å². The van der Waals surface area contributed by atoms with Crippen LogP contribution in [0.3, 0.4) is 0 Å². The lowest BCUT2D eigenvalue weighted by atomic mass is 10.1. The Kier molecular flexibility index (Phi) is 3.77. The first kappa shape index (κ1) is 11.6. The monoisotopic (exact) mass is 208 g/mol. The van der Waals surface area contributed by atoms with Gasteiger partial charge in [0, 0.05) is 11.4 Å². The Hall–Kier alpha value is -1.45. The summed E-state index contributed by atoms with van der Waals surface area (Å²) in [5.74, 6) is -1.12. The molecule has 0 aliphatic rings. The minimum Gasteiger partial charge on any atom is -0.481 e. The Balaban J connectivity index is 3.02. The van der Waals surface area contributed by atoms with Gasteiger partial charge in [-0.15, -0.1) is 0 Å². The molecule has 0 amide bonds. The van der Waals surface area contributed by atoms with Gasteiger partial charge in [-0.1, -0.05) is 13.3 Å². The van der Waals surface area contributed by atoms with Gasteiger partial charge < -0.3 is 5.11 Å². The van der Waals surface area contributed by atoms with E-state index < -0.39 is 11.9 Å². The van der Waals surface area contributed by atoms with Crippen molar-refractivity contribution in [1.82, 2.24) is 9.97 Å². The summed E-state index contributed by atoms with van der Waals surface area (Å²) in [6.07, 6.45) is 1.86. The zero-order valence-electron chi connectivity index (χ0n) is 9.32. The van der Waals surface area contributed by atoms with E-state index in [4.69, 9.17) is 5.11 Å². The molecule has 0 radical (unpaired) electrons. The number of carboxylic acids is 1. The van der Waals surface area contributed by atoms with Crippen LogP contribution in [0.2, 0.25) is 0 Å². The van der Waals surface area contributed by atoms with Crippen LogP contribution >= 0.6 is 0 Å². The molecule has 1 atom stereocenters. The normalized spacial score (nSPS) is 12.5. The van der Waals surface area contributed by atoms with Crippen molar-refractivity contribution in [3.8, 4) is 0 Å². The van der Waals surface area contributed by atoms with Gasteiger partial charge in [0.15, 0.2) is 0 Å². The van der Waals surface area contributed by atoms with Gasteiger partial charge in [-0.05, 0) is 26.3 Å². The lowest BCUT2D eigenvalue weighted by Gasteiger charge is -2.08. The third kappa shape index (κ3) is 3.01. The summed E-state index contributed by atoms with van der Waals surface area (Å²) in [6, 6.07) is 1.90. The molecule has 0 aliphatic heterocycles. The van der Waals surface area contributed by atoms with E-state index in [0.717, 1.165) is 24.2 Å². The van der Waals surface area contributed by atoms with Gasteiger partial charge in [-0.3, -0.25) is 4.79 Å². The molecule has 0 bridgehead atoms. The number of carbonyl (C=O) groups is 1. The van der Waals surface area contributed by atoms with Crippen molar-refractivity contribution in [1.29, 1.82) is 0 Å². The number of hydrogen-bond acceptors (Lipinski definition) is 3. The zero-order valence-corrected chi connectivity index (χ0v) is 9.32. The van der Waals surface area contributed by atoms with E-state index in [-0.39, 0.29) is 0 Å². The lowest BCUT2D eigenvalue weighted by Crippen LogP contribution is -2.13. The Morgan fingerprint density at radius 1 is 1.53 bits per heavy atom. The highest BCUT2D eigenvalue weighted by Crippen LogP contribution is 2.12. The van der Waals surface area contributed by atoms with E-state index >= 15 is 0 Å². The molecule has 4 heteroatoms. The summed E-state index contributed by atoms with van der Waals surface area (Å²) in [4.78, 5) is 19.2. The standard InChI is InChI=1S/C11H16N2O2/c1-4-5-9-6-7(2)12-10(13-9)8(3)11(14)15/h6,8H,4-5H2,1-3H3,(H,14,15). The molecule has 1 heterocycles. The molecule has 1 aromatic heterocycles. The van der Waals surface area contributed by atoms with E-state index in [1.165, 1.54) is 0 Å². The fourth-order valence-electron chi connectivity index (χ4n) is 1.35. The molecule has 0 aromatic carbocycles. The van der Waals surface area contributed by atoms with Gasteiger partial charge in [0.1, 0.15) is 11.7 Å². The SMILES string of the molecule is CCCc1cc(C)nc(C(C)C(=O)O)n1. The highest BCUT2D eigenvalue weighted by molar-refractivity contribution is 5.74. The van der Waals surface area contributed by atoms with Gasteiger partial charge in [0.05, 0.1) is 0 Å². The molecular formula is C11H16N2O2.